The topological polar surface area (TPSA) is 112 Å². The number of nitrogens with one attached hydrogen (secondary N) is 2. The third kappa shape index (κ3) is 4.94. The number of halogens is 1. The van der Waals surface area contributed by atoms with Crippen molar-refractivity contribution in [3.05, 3.63) is 47.4 Å². The number of carbonyl (C=O) groups is 4. The fourth-order valence-electron chi connectivity index (χ4n) is 2.82. The largest absolute Gasteiger partial charge is 0.459 e. The van der Waals surface area contributed by atoms with E-state index in [9.17, 15) is 19.2 Å². The Balaban J connectivity index is 1.58. The van der Waals surface area contributed by atoms with Crippen LogP contribution in [-0.2, 0) is 9.59 Å². The molecule has 152 valence electrons. The van der Waals surface area contributed by atoms with Crippen molar-refractivity contribution in [2.75, 3.05) is 30.8 Å². The zero-order valence-corrected chi connectivity index (χ0v) is 16.4. The number of hydrogen-bond donors (Lipinski definition) is 2. The molecule has 1 saturated heterocycles. The third-order valence-electron chi connectivity index (χ3n) is 4.27. The second-order valence-corrected chi connectivity index (χ2v) is 6.89. The van der Waals surface area contributed by atoms with E-state index in [1.165, 1.54) is 23.3 Å². The van der Waals surface area contributed by atoms with Crippen LogP contribution in [0.3, 0.4) is 0 Å². The number of benzene rings is 1. The van der Waals surface area contributed by atoms with E-state index in [0.29, 0.717) is 22.8 Å². The number of rotatable bonds is 7. The molecule has 0 bridgehead atoms. The Labute approximate surface area is 171 Å². The molecule has 5 amide bonds. The van der Waals surface area contributed by atoms with Gasteiger partial charge < -0.3 is 20.0 Å². The normalized spacial score (nSPS) is 13.7. The predicted octanol–water partition coefficient (Wildman–Crippen LogP) is 2.80. The smallest absolute Gasteiger partial charge is 0.326 e. The van der Waals surface area contributed by atoms with E-state index in [0.717, 1.165) is 4.90 Å². The minimum Gasteiger partial charge on any atom is -0.459 e. The second-order valence-electron chi connectivity index (χ2n) is 6.46. The highest BCUT2D eigenvalue weighted by Crippen LogP contribution is 2.26. The van der Waals surface area contributed by atoms with Gasteiger partial charge in [0.25, 0.3) is 5.91 Å². The maximum absolute atomic E-state index is 12.3. The van der Waals surface area contributed by atoms with Gasteiger partial charge in [-0.25, -0.2) is 4.79 Å². The van der Waals surface area contributed by atoms with E-state index >= 15 is 0 Å². The van der Waals surface area contributed by atoms with E-state index in [2.05, 4.69) is 10.6 Å². The first-order valence-electron chi connectivity index (χ1n) is 8.85. The molecule has 1 aliphatic rings. The molecule has 0 atom stereocenters. The third-order valence-corrected chi connectivity index (χ3v) is 4.50. The lowest BCUT2D eigenvalue weighted by Crippen LogP contribution is -2.32. The summed E-state index contributed by atoms with van der Waals surface area (Å²) < 4.78 is 5.05. The molecule has 10 heteroatoms. The van der Waals surface area contributed by atoms with Gasteiger partial charge in [-0.15, -0.1) is 0 Å². The quantitative estimate of drug-likeness (QED) is 0.671. The molecule has 0 spiro atoms. The SMILES string of the molecule is CN1CC(=O)N(CCCC(=O)Nc2ccc(Cl)cc2NC(=O)c2ccco2)C1=O. The lowest BCUT2D eigenvalue weighted by atomic mass is 10.2. The number of amides is 5. The Morgan fingerprint density at radius 3 is 2.62 bits per heavy atom. The zero-order valence-electron chi connectivity index (χ0n) is 15.6. The minimum atomic E-state index is -0.483. The van der Waals surface area contributed by atoms with Gasteiger partial charge in [-0.1, -0.05) is 11.6 Å². The molecule has 0 saturated carbocycles. The van der Waals surface area contributed by atoms with Gasteiger partial charge >= 0.3 is 6.03 Å². The molecule has 29 heavy (non-hydrogen) atoms. The Morgan fingerprint density at radius 2 is 1.97 bits per heavy atom. The van der Waals surface area contributed by atoms with E-state index in [1.807, 2.05) is 0 Å². The van der Waals surface area contributed by atoms with Crippen molar-refractivity contribution in [3.8, 4) is 0 Å². The molecule has 2 heterocycles. The molecule has 9 nitrogen and oxygen atoms in total. The molecular formula is C19H19ClN4O5. The molecule has 0 radical (unpaired) electrons. The summed E-state index contributed by atoms with van der Waals surface area (Å²) in [5, 5.41) is 5.73. The van der Waals surface area contributed by atoms with Crippen LogP contribution in [0.25, 0.3) is 0 Å². The number of likely N-dealkylation sites (N-methyl/N-ethyl adjacent to an activating group) is 1. The number of anilines is 2. The summed E-state index contributed by atoms with van der Waals surface area (Å²) in [7, 11) is 1.55. The summed E-state index contributed by atoms with van der Waals surface area (Å²) in [5.74, 6) is -0.970. The Hall–Kier alpha value is -3.33. The molecule has 2 N–H and O–H groups in total. The van der Waals surface area contributed by atoms with Crippen LogP contribution in [0.1, 0.15) is 23.4 Å². The van der Waals surface area contributed by atoms with Crippen LogP contribution in [0.4, 0.5) is 16.2 Å². The van der Waals surface area contributed by atoms with Gasteiger partial charge in [0.1, 0.15) is 6.54 Å². The second kappa shape index (κ2) is 8.78. The van der Waals surface area contributed by atoms with Gasteiger partial charge in [-0.2, -0.15) is 0 Å². The van der Waals surface area contributed by atoms with Crippen molar-refractivity contribution in [2.45, 2.75) is 12.8 Å². The summed E-state index contributed by atoms with van der Waals surface area (Å²) in [6, 6.07) is 7.39. The van der Waals surface area contributed by atoms with Gasteiger partial charge in [0.15, 0.2) is 5.76 Å². The first-order chi connectivity index (χ1) is 13.8. The van der Waals surface area contributed by atoms with Crippen LogP contribution in [0.15, 0.2) is 41.0 Å². The highest BCUT2D eigenvalue weighted by molar-refractivity contribution is 6.31. The van der Waals surface area contributed by atoms with Crippen molar-refractivity contribution in [1.29, 1.82) is 0 Å². The van der Waals surface area contributed by atoms with Crippen molar-refractivity contribution in [2.24, 2.45) is 0 Å². The van der Waals surface area contributed by atoms with Crippen LogP contribution < -0.4 is 10.6 Å². The highest BCUT2D eigenvalue weighted by Gasteiger charge is 2.32. The first-order valence-corrected chi connectivity index (χ1v) is 9.22. The standard InChI is InChI=1S/C19H19ClN4O5/c1-23-11-17(26)24(19(23)28)8-2-5-16(25)21-13-7-6-12(20)10-14(13)22-18(27)15-4-3-9-29-15/h3-4,6-7,9-10H,2,5,8,11H2,1H3,(H,21,25)(H,22,27). The summed E-state index contributed by atoms with van der Waals surface area (Å²) in [6.45, 7) is 0.215. The zero-order chi connectivity index (χ0) is 21.0. The Morgan fingerprint density at radius 1 is 1.17 bits per heavy atom. The van der Waals surface area contributed by atoms with Crippen LogP contribution in [0.5, 0.6) is 0 Å². The lowest BCUT2D eigenvalue weighted by molar-refractivity contribution is -0.125. The summed E-state index contributed by atoms with van der Waals surface area (Å²) in [6.07, 6.45) is 1.79. The molecule has 2 aromatic rings. The van der Waals surface area contributed by atoms with Gasteiger partial charge in [0.2, 0.25) is 11.8 Å². The van der Waals surface area contributed by atoms with Crippen LogP contribution in [0.2, 0.25) is 5.02 Å². The number of hydrogen-bond acceptors (Lipinski definition) is 5. The van der Waals surface area contributed by atoms with Crippen LogP contribution >= 0.6 is 11.6 Å². The van der Waals surface area contributed by atoms with Gasteiger partial charge in [0, 0.05) is 25.0 Å². The van der Waals surface area contributed by atoms with Crippen molar-refractivity contribution >= 4 is 46.7 Å². The number of imide groups is 1. The molecule has 1 fully saturated rings. The first kappa shape index (κ1) is 20.4. The van der Waals surface area contributed by atoms with Gasteiger partial charge in [-0.05, 0) is 36.8 Å². The monoisotopic (exact) mass is 418 g/mol. The van der Waals surface area contributed by atoms with Crippen LogP contribution in [0, 0.1) is 0 Å². The van der Waals surface area contributed by atoms with Gasteiger partial charge in [-0.3, -0.25) is 19.3 Å². The maximum Gasteiger partial charge on any atom is 0.326 e. The molecule has 3 rings (SSSR count). The number of furan rings is 1. The fraction of sp³-hybridized carbons (Fsp3) is 0.263. The van der Waals surface area contributed by atoms with E-state index < -0.39 is 5.91 Å². The fourth-order valence-corrected chi connectivity index (χ4v) is 2.99. The predicted molar refractivity (Wildman–Crippen MR) is 106 cm³/mol. The molecule has 1 aliphatic heterocycles. The molecule has 1 aromatic heterocycles. The number of urea groups is 1. The van der Waals surface area contributed by atoms with E-state index in [1.54, 1.807) is 25.2 Å². The Kier molecular flexibility index (Phi) is 6.18. The minimum absolute atomic E-state index is 0.0501. The van der Waals surface area contributed by atoms with Crippen LogP contribution in [-0.4, -0.2) is 53.7 Å². The summed E-state index contributed by atoms with van der Waals surface area (Å²) in [5.41, 5.74) is 0.686. The number of carbonyl (C=O) groups excluding carboxylic acids is 4. The average Bonchev–Trinajstić information content (AvgIpc) is 3.28. The Bertz CT molecular complexity index is 944. The highest BCUT2D eigenvalue weighted by atomic mass is 35.5. The van der Waals surface area contributed by atoms with Crippen molar-refractivity contribution in [1.82, 2.24) is 9.80 Å². The number of nitrogens with zero attached hydrogens (tertiary/aromatic N) is 2. The van der Waals surface area contributed by atoms with Crippen molar-refractivity contribution in [3.63, 3.8) is 0 Å². The average molecular weight is 419 g/mol. The molecule has 0 aliphatic carbocycles. The van der Waals surface area contributed by atoms with E-state index in [-0.39, 0.29) is 43.1 Å². The molecule has 1 aromatic carbocycles. The maximum atomic E-state index is 12.3. The summed E-state index contributed by atoms with van der Waals surface area (Å²) >= 11 is 6.00. The van der Waals surface area contributed by atoms with Crippen molar-refractivity contribution < 1.29 is 23.6 Å². The van der Waals surface area contributed by atoms with Gasteiger partial charge in [0.05, 0.1) is 17.6 Å². The van der Waals surface area contributed by atoms with E-state index in [4.69, 9.17) is 16.0 Å². The lowest BCUT2D eigenvalue weighted by Gasteiger charge is -2.15. The summed E-state index contributed by atoms with van der Waals surface area (Å²) in [4.78, 5) is 50.5. The molecular weight excluding hydrogens is 400 g/mol. The molecule has 0 unspecified atom stereocenters.